The van der Waals surface area contributed by atoms with Crippen LogP contribution in [0.3, 0.4) is 0 Å². The topological polar surface area (TPSA) is 58.6 Å². The number of imide groups is 1. The number of methoxy groups -OCH3 is 1. The molecule has 0 saturated carbocycles. The number of nitrogens with zero attached hydrogens (tertiary/aromatic N) is 1. The Balaban J connectivity index is 1.82. The zero-order chi connectivity index (χ0) is 21.3. The predicted octanol–water partition coefficient (Wildman–Crippen LogP) is 4.71. The summed E-state index contributed by atoms with van der Waals surface area (Å²) in [5.41, 5.74) is 4.68. The molecule has 5 nitrogen and oxygen atoms in total. The van der Waals surface area contributed by atoms with Gasteiger partial charge in [-0.3, -0.25) is 9.59 Å². The van der Waals surface area contributed by atoms with Crippen LogP contribution in [0.25, 0.3) is 5.57 Å². The fraction of sp³-hybridized carbons (Fsp3) is 0.120. The van der Waals surface area contributed by atoms with E-state index in [0.29, 0.717) is 22.6 Å². The maximum absolute atomic E-state index is 13.4. The van der Waals surface area contributed by atoms with E-state index < -0.39 is 5.91 Å². The maximum Gasteiger partial charge on any atom is 0.282 e. The number of carbonyl (C=O) groups excluding carboxylic acids is 2. The zero-order valence-corrected chi connectivity index (χ0v) is 17.1. The van der Waals surface area contributed by atoms with E-state index in [-0.39, 0.29) is 11.6 Å². The number of ether oxygens (including phenoxy) is 1. The van der Waals surface area contributed by atoms with Crippen LogP contribution >= 0.6 is 0 Å². The van der Waals surface area contributed by atoms with Crippen molar-refractivity contribution in [2.24, 2.45) is 0 Å². The fourth-order valence-electron chi connectivity index (χ4n) is 3.59. The average molecular weight is 398 g/mol. The number of anilines is 2. The number of aryl methyl sites for hydroxylation is 2. The highest BCUT2D eigenvalue weighted by Crippen LogP contribution is 2.35. The van der Waals surface area contributed by atoms with Crippen molar-refractivity contribution < 1.29 is 14.3 Å². The molecule has 0 spiro atoms. The van der Waals surface area contributed by atoms with Gasteiger partial charge in [-0.25, -0.2) is 4.90 Å². The second-order valence-electron chi connectivity index (χ2n) is 7.21. The summed E-state index contributed by atoms with van der Waals surface area (Å²) in [6.07, 6.45) is 0. The normalized spacial score (nSPS) is 13.8. The van der Waals surface area contributed by atoms with Crippen LogP contribution in [0.15, 0.2) is 78.5 Å². The molecule has 2 amide bonds. The Hall–Kier alpha value is -3.86. The molecule has 0 fully saturated rings. The third-order valence-corrected chi connectivity index (χ3v) is 5.10. The number of rotatable bonds is 5. The van der Waals surface area contributed by atoms with Gasteiger partial charge in [0.1, 0.15) is 11.4 Å². The van der Waals surface area contributed by atoms with Crippen LogP contribution in [-0.4, -0.2) is 18.9 Å². The summed E-state index contributed by atoms with van der Waals surface area (Å²) in [6.45, 7) is 3.99. The number of hydrogen-bond acceptors (Lipinski definition) is 4. The van der Waals surface area contributed by atoms with Crippen LogP contribution in [-0.2, 0) is 9.59 Å². The van der Waals surface area contributed by atoms with Crippen LogP contribution in [0.1, 0.15) is 16.7 Å². The van der Waals surface area contributed by atoms with Crippen LogP contribution in [0.5, 0.6) is 5.75 Å². The summed E-state index contributed by atoms with van der Waals surface area (Å²) in [5.74, 6) is -0.191. The van der Waals surface area contributed by atoms with Gasteiger partial charge in [0.25, 0.3) is 11.8 Å². The Morgan fingerprint density at radius 1 is 0.833 bits per heavy atom. The van der Waals surface area contributed by atoms with Crippen LogP contribution in [0, 0.1) is 13.8 Å². The van der Waals surface area contributed by atoms with Crippen LogP contribution in [0.2, 0.25) is 0 Å². The summed E-state index contributed by atoms with van der Waals surface area (Å²) in [6, 6.07) is 22.1. The number of benzene rings is 3. The summed E-state index contributed by atoms with van der Waals surface area (Å²) in [7, 11) is 1.55. The minimum Gasteiger partial charge on any atom is -0.497 e. The third-order valence-electron chi connectivity index (χ3n) is 5.10. The Bertz CT molecular complexity index is 1170. The minimum atomic E-state index is -0.396. The van der Waals surface area contributed by atoms with Gasteiger partial charge in [-0.1, -0.05) is 54.1 Å². The Kier molecular flexibility index (Phi) is 5.11. The lowest BCUT2D eigenvalue weighted by atomic mass is 10.0. The molecule has 0 aromatic heterocycles. The monoisotopic (exact) mass is 398 g/mol. The number of amides is 2. The van der Waals surface area contributed by atoms with Gasteiger partial charge in [0.05, 0.1) is 18.4 Å². The first kappa shape index (κ1) is 19.5. The molecular formula is C25H22N2O3. The van der Waals surface area contributed by atoms with Crippen molar-refractivity contribution in [1.29, 1.82) is 0 Å². The second-order valence-corrected chi connectivity index (χ2v) is 7.21. The van der Waals surface area contributed by atoms with Gasteiger partial charge >= 0.3 is 0 Å². The molecule has 0 saturated heterocycles. The summed E-state index contributed by atoms with van der Waals surface area (Å²) < 4.78 is 5.27. The highest BCUT2D eigenvalue weighted by molar-refractivity contribution is 6.46. The SMILES string of the molecule is COc1cccc(N2C(=O)C(Nc3ccc(C)cc3C)=C(c3ccccc3)C2=O)c1. The van der Waals surface area contributed by atoms with Crippen molar-refractivity contribution in [2.45, 2.75) is 13.8 Å². The second kappa shape index (κ2) is 7.87. The van der Waals surface area contributed by atoms with Crippen molar-refractivity contribution in [3.63, 3.8) is 0 Å². The molecule has 0 aliphatic carbocycles. The van der Waals surface area contributed by atoms with E-state index in [1.165, 1.54) is 4.90 Å². The van der Waals surface area contributed by atoms with Crippen molar-refractivity contribution in [2.75, 3.05) is 17.3 Å². The Labute approximate surface area is 175 Å². The lowest BCUT2D eigenvalue weighted by Crippen LogP contribution is -2.32. The molecule has 150 valence electrons. The predicted molar refractivity (Wildman–Crippen MR) is 118 cm³/mol. The van der Waals surface area contributed by atoms with Gasteiger partial charge in [0, 0.05) is 11.8 Å². The van der Waals surface area contributed by atoms with E-state index in [9.17, 15) is 9.59 Å². The fourth-order valence-corrected chi connectivity index (χ4v) is 3.59. The summed E-state index contributed by atoms with van der Waals surface area (Å²) >= 11 is 0. The summed E-state index contributed by atoms with van der Waals surface area (Å²) in [4.78, 5) is 28.0. The van der Waals surface area contributed by atoms with Gasteiger partial charge in [-0.05, 0) is 43.2 Å². The number of carbonyl (C=O) groups is 2. The molecule has 4 rings (SSSR count). The number of hydrogen-bond donors (Lipinski definition) is 1. The van der Waals surface area contributed by atoms with Gasteiger partial charge in [0.2, 0.25) is 0 Å². The molecule has 1 aliphatic rings. The van der Waals surface area contributed by atoms with Gasteiger partial charge < -0.3 is 10.1 Å². The third kappa shape index (κ3) is 3.46. The van der Waals surface area contributed by atoms with E-state index in [1.54, 1.807) is 31.4 Å². The Morgan fingerprint density at radius 3 is 2.30 bits per heavy atom. The molecule has 0 atom stereocenters. The van der Waals surface area contributed by atoms with Gasteiger partial charge in [0.15, 0.2) is 0 Å². The highest BCUT2D eigenvalue weighted by Gasteiger charge is 2.40. The minimum absolute atomic E-state index is 0.265. The van der Waals surface area contributed by atoms with E-state index in [4.69, 9.17) is 4.74 Å². The summed E-state index contributed by atoms with van der Waals surface area (Å²) in [5, 5.41) is 3.23. The molecule has 1 heterocycles. The van der Waals surface area contributed by atoms with E-state index in [0.717, 1.165) is 16.8 Å². The lowest BCUT2D eigenvalue weighted by molar-refractivity contribution is -0.120. The smallest absolute Gasteiger partial charge is 0.282 e. The Morgan fingerprint density at radius 2 is 1.60 bits per heavy atom. The molecule has 3 aromatic rings. The van der Waals surface area contributed by atoms with Crippen LogP contribution in [0.4, 0.5) is 11.4 Å². The molecular weight excluding hydrogens is 376 g/mol. The first-order valence-corrected chi connectivity index (χ1v) is 9.66. The molecule has 3 aromatic carbocycles. The lowest BCUT2D eigenvalue weighted by Gasteiger charge is -2.16. The first-order chi connectivity index (χ1) is 14.5. The van der Waals surface area contributed by atoms with Crippen molar-refractivity contribution >= 4 is 28.8 Å². The van der Waals surface area contributed by atoms with Gasteiger partial charge in [-0.2, -0.15) is 0 Å². The van der Waals surface area contributed by atoms with Crippen molar-refractivity contribution in [1.82, 2.24) is 0 Å². The number of nitrogens with one attached hydrogen (secondary N) is 1. The van der Waals surface area contributed by atoms with E-state index >= 15 is 0 Å². The average Bonchev–Trinajstić information content (AvgIpc) is 3.00. The maximum atomic E-state index is 13.4. The molecule has 1 N–H and O–H groups in total. The molecule has 1 aliphatic heterocycles. The van der Waals surface area contributed by atoms with Crippen LogP contribution < -0.4 is 15.0 Å². The van der Waals surface area contributed by atoms with Crippen molar-refractivity contribution in [3.05, 3.63) is 95.2 Å². The van der Waals surface area contributed by atoms with E-state index in [2.05, 4.69) is 5.32 Å². The quantitative estimate of drug-likeness (QED) is 0.633. The molecule has 0 bridgehead atoms. The molecule has 0 unspecified atom stereocenters. The first-order valence-electron chi connectivity index (χ1n) is 9.66. The standard InChI is InChI=1S/C25H22N2O3/c1-16-12-13-21(17(2)14-16)26-23-22(18-8-5-4-6-9-18)24(28)27(25(23)29)19-10-7-11-20(15-19)30-3/h4-15,26H,1-3H3. The largest absolute Gasteiger partial charge is 0.497 e. The van der Waals surface area contributed by atoms with Crippen molar-refractivity contribution in [3.8, 4) is 5.75 Å². The zero-order valence-electron chi connectivity index (χ0n) is 17.1. The van der Waals surface area contributed by atoms with E-state index in [1.807, 2.05) is 62.4 Å². The van der Waals surface area contributed by atoms with Gasteiger partial charge in [-0.15, -0.1) is 0 Å². The molecule has 30 heavy (non-hydrogen) atoms. The highest BCUT2D eigenvalue weighted by atomic mass is 16.5. The molecule has 0 radical (unpaired) electrons. The molecule has 5 heteroatoms.